The van der Waals surface area contributed by atoms with Crippen LogP contribution in [-0.4, -0.2) is 34.8 Å². The molecule has 1 heterocycles. The summed E-state index contributed by atoms with van der Waals surface area (Å²) in [4.78, 5) is 35.0. The number of alkyl halides is 1. The Hall–Kier alpha value is -1.46. The number of carbonyl (C=O) groups excluding carboxylic acids is 3. The first-order valence-corrected chi connectivity index (χ1v) is 4.97. The second-order valence-corrected chi connectivity index (χ2v) is 4.88. The van der Waals surface area contributed by atoms with Crippen LogP contribution in [0.2, 0.25) is 0 Å². The largest absolute Gasteiger partial charge is 0.368 e. The third-order valence-electron chi connectivity index (χ3n) is 2.44. The zero-order valence-electron chi connectivity index (χ0n) is 9.49. The van der Waals surface area contributed by atoms with Gasteiger partial charge in [-0.05, 0) is 0 Å². The zero-order valence-corrected chi connectivity index (χ0v) is 9.49. The Morgan fingerprint density at radius 1 is 1.44 bits per heavy atom. The average Bonchev–Trinajstić information content (AvgIpc) is 2.41. The number of halogens is 1. The first-order valence-electron chi connectivity index (χ1n) is 4.97. The number of amides is 3. The number of likely N-dealkylation sites (tertiary alicyclic amines) is 1. The number of nitrogens with two attached hydrogens (primary N) is 1. The summed E-state index contributed by atoms with van der Waals surface area (Å²) < 4.78 is 13.2. The molecular formula is C10H15FN2O3. The average molecular weight is 230 g/mol. The molecule has 0 aromatic heterocycles. The molecule has 1 saturated heterocycles. The van der Waals surface area contributed by atoms with Gasteiger partial charge in [0.2, 0.25) is 11.8 Å². The highest BCUT2D eigenvalue weighted by Gasteiger charge is 2.48. The van der Waals surface area contributed by atoms with Crippen molar-refractivity contribution in [1.82, 2.24) is 4.90 Å². The highest BCUT2D eigenvalue weighted by Crippen LogP contribution is 2.27. The molecule has 1 fully saturated rings. The van der Waals surface area contributed by atoms with E-state index in [0.29, 0.717) is 4.90 Å². The fraction of sp³-hybridized carbons (Fsp3) is 0.700. The minimum atomic E-state index is -1.82. The van der Waals surface area contributed by atoms with Gasteiger partial charge in [0.1, 0.15) is 6.04 Å². The highest BCUT2D eigenvalue weighted by molar-refractivity contribution is 6.05. The summed E-state index contributed by atoms with van der Waals surface area (Å²) in [5, 5.41) is 0. The molecule has 1 aliphatic rings. The normalized spacial score (nSPS) is 26.0. The van der Waals surface area contributed by atoms with Gasteiger partial charge in [0.05, 0.1) is 0 Å². The second kappa shape index (κ2) is 3.84. The van der Waals surface area contributed by atoms with Gasteiger partial charge in [-0.3, -0.25) is 19.3 Å². The molecule has 0 radical (unpaired) electrons. The van der Waals surface area contributed by atoms with Crippen molar-refractivity contribution in [3.8, 4) is 0 Å². The maximum atomic E-state index is 13.2. The zero-order chi connectivity index (χ0) is 12.7. The Balaban J connectivity index is 3.04. The fourth-order valence-corrected chi connectivity index (χ4v) is 1.55. The van der Waals surface area contributed by atoms with Crippen LogP contribution in [0.25, 0.3) is 0 Å². The maximum Gasteiger partial charge on any atom is 0.264 e. The topological polar surface area (TPSA) is 80.5 Å². The Bertz CT molecular complexity index is 348. The molecule has 1 unspecified atom stereocenters. The van der Waals surface area contributed by atoms with E-state index >= 15 is 0 Å². The van der Waals surface area contributed by atoms with Crippen molar-refractivity contribution in [1.29, 1.82) is 0 Å². The van der Waals surface area contributed by atoms with E-state index in [9.17, 15) is 18.8 Å². The lowest BCUT2D eigenvalue weighted by Gasteiger charge is -2.27. The van der Waals surface area contributed by atoms with E-state index in [4.69, 9.17) is 5.73 Å². The van der Waals surface area contributed by atoms with Gasteiger partial charge in [-0.15, -0.1) is 0 Å². The van der Waals surface area contributed by atoms with Crippen LogP contribution in [0, 0.1) is 5.41 Å². The van der Waals surface area contributed by atoms with E-state index in [1.807, 2.05) is 0 Å². The number of hydrogen-bond acceptors (Lipinski definition) is 3. The number of rotatable bonds is 1. The van der Waals surface area contributed by atoms with Crippen LogP contribution in [-0.2, 0) is 14.4 Å². The summed E-state index contributed by atoms with van der Waals surface area (Å²) >= 11 is 0. The predicted octanol–water partition coefficient (Wildman–Crippen LogP) is -0.0166. The lowest BCUT2D eigenvalue weighted by atomic mass is 9.94. The van der Waals surface area contributed by atoms with Crippen molar-refractivity contribution in [2.75, 3.05) is 0 Å². The molecule has 0 bridgehead atoms. The van der Waals surface area contributed by atoms with Crippen molar-refractivity contribution >= 4 is 17.7 Å². The molecular weight excluding hydrogens is 215 g/mol. The standard InChI is InChI=1S/C10H15FN2O3/c1-10(2,3)9(16)13-6(7(12)14)4-5(11)8(13)15/h5-6H,4H2,1-3H3,(H2,12,14)/t5?,6-/m0/s1. The van der Waals surface area contributed by atoms with E-state index < -0.39 is 35.4 Å². The number of hydrogen-bond donors (Lipinski definition) is 1. The smallest absolute Gasteiger partial charge is 0.264 e. The fourth-order valence-electron chi connectivity index (χ4n) is 1.55. The Morgan fingerprint density at radius 2 is 1.94 bits per heavy atom. The number of carbonyl (C=O) groups is 3. The van der Waals surface area contributed by atoms with E-state index in [1.165, 1.54) is 0 Å². The minimum Gasteiger partial charge on any atom is -0.368 e. The molecule has 0 saturated carbocycles. The predicted molar refractivity (Wildman–Crippen MR) is 53.8 cm³/mol. The van der Waals surface area contributed by atoms with Gasteiger partial charge in [-0.25, -0.2) is 4.39 Å². The molecule has 90 valence electrons. The monoisotopic (exact) mass is 230 g/mol. The minimum absolute atomic E-state index is 0.337. The summed E-state index contributed by atoms with van der Waals surface area (Å²) in [7, 11) is 0. The highest BCUT2D eigenvalue weighted by atomic mass is 19.1. The van der Waals surface area contributed by atoms with Gasteiger partial charge in [-0.2, -0.15) is 0 Å². The SMILES string of the molecule is CC(C)(C)C(=O)N1C(=O)C(F)C[C@H]1C(N)=O. The molecule has 3 amide bonds. The Kier molecular flexibility index (Phi) is 3.03. The second-order valence-electron chi connectivity index (χ2n) is 4.88. The van der Waals surface area contributed by atoms with E-state index in [2.05, 4.69) is 0 Å². The molecule has 2 atom stereocenters. The third-order valence-corrected chi connectivity index (χ3v) is 2.44. The van der Waals surface area contributed by atoms with Gasteiger partial charge in [0, 0.05) is 11.8 Å². The van der Waals surface area contributed by atoms with E-state index in [0.717, 1.165) is 0 Å². The van der Waals surface area contributed by atoms with Crippen molar-refractivity contribution < 1.29 is 18.8 Å². The lowest BCUT2D eigenvalue weighted by molar-refractivity contribution is -0.153. The third kappa shape index (κ3) is 2.05. The van der Waals surface area contributed by atoms with Crippen LogP contribution in [0.5, 0.6) is 0 Å². The Labute approximate surface area is 92.8 Å². The molecule has 0 aliphatic carbocycles. The van der Waals surface area contributed by atoms with Crippen LogP contribution >= 0.6 is 0 Å². The molecule has 1 rings (SSSR count). The van der Waals surface area contributed by atoms with E-state index in [-0.39, 0.29) is 6.42 Å². The molecule has 5 nitrogen and oxygen atoms in total. The lowest BCUT2D eigenvalue weighted by Crippen LogP contribution is -2.50. The van der Waals surface area contributed by atoms with Crippen molar-refractivity contribution in [3.05, 3.63) is 0 Å². The summed E-state index contributed by atoms with van der Waals surface area (Å²) in [6, 6.07) is -1.16. The molecule has 1 aliphatic heterocycles. The van der Waals surface area contributed by atoms with Crippen molar-refractivity contribution in [2.45, 2.75) is 39.4 Å². The summed E-state index contributed by atoms with van der Waals surface area (Å²) in [6.45, 7) is 4.77. The first kappa shape index (κ1) is 12.6. The van der Waals surface area contributed by atoms with Crippen LogP contribution < -0.4 is 5.73 Å². The number of nitrogens with zero attached hydrogens (tertiary/aromatic N) is 1. The number of imide groups is 1. The van der Waals surface area contributed by atoms with Gasteiger partial charge >= 0.3 is 0 Å². The maximum absolute atomic E-state index is 13.2. The molecule has 0 aromatic carbocycles. The molecule has 0 spiro atoms. The first-order chi connectivity index (χ1) is 7.16. The van der Waals surface area contributed by atoms with Crippen molar-refractivity contribution in [3.63, 3.8) is 0 Å². The Morgan fingerprint density at radius 3 is 2.31 bits per heavy atom. The summed E-state index contributed by atoms with van der Waals surface area (Å²) in [6.07, 6.45) is -2.15. The van der Waals surface area contributed by atoms with Gasteiger partial charge in [0.15, 0.2) is 6.17 Å². The molecule has 0 aromatic rings. The van der Waals surface area contributed by atoms with Gasteiger partial charge in [-0.1, -0.05) is 20.8 Å². The van der Waals surface area contributed by atoms with Crippen LogP contribution in [0.3, 0.4) is 0 Å². The quantitative estimate of drug-likeness (QED) is 0.687. The van der Waals surface area contributed by atoms with Crippen LogP contribution in [0.15, 0.2) is 0 Å². The molecule has 16 heavy (non-hydrogen) atoms. The summed E-state index contributed by atoms with van der Waals surface area (Å²) in [5.74, 6) is -2.41. The molecule has 6 heteroatoms. The van der Waals surface area contributed by atoms with E-state index in [1.54, 1.807) is 20.8 Å². The molecule has 2 N–H and O–H groups in total. The van der Waals surface area contributed by atoms with Crippen LogP contribution in [0.4, 0.5) is 4.39 Å². The number of primary amides is 1. The van der Waals surface area contributed by atoms with Crippen LogP contribution in [0.1, 0.15) is 27.2 Å². The van der Waals surface area contributed by atoms with Gasteiger partial charge < -0.3 is 5.73 Å². The van der Waals surface area contributed by atoms with Gasteiger partial charge in [0.25, 0.3) is 5.91 Å². The van der Waals surface area contributed by atoms with Crippen molar-refractivity contribution in [2.24, 2.45) is 11.1 Å². The summed E-state index contributed by atoms with van der Waals surface area (Å²) in [5.41, 5.74) is 4.19.